The zero-order valence-corrected chi connectivity index (χ0v) is 15.4. The summed E-state index contributed by atoms with van der Waals surface area (Å²) < 4.78 is 4.79. The molecule has 0 fully saturated rings. The zero-order valence-electron chi connectivity index (χ0n) is 15.4. The maximum atomic E-state index is 12.1. The molecule has 5 heteroatoms. The highest BCUT2D eigenvalue weighted by molar-refractivity contribution is 5.84. The standard InChI is InChI=1S/C20H31NO4/c1-3-4-5-6-7-8-9-10-19(23)21-18(20(24)25-2)15-16-11-13-17(22)14-12-16/h11-14,18,22H,3-10,15H2,1-2H3,(H,21,23). The fourth-order valence-electron chi connectivity index (χ4n) is 2.71. The van der Waals surface area contributed by atoms with Crippen molar-refractivity contribution in [2.75, 3.05) is 7.11 Å². The SMILES string of the molecule is CCCCCCCCCC(=O)NC(Cc1ccc(O)cc1)C(=O)OC. The Kier molecular flexibility index (Phi) is 10.4. The molecule has 0 aliphatic rings. The highest BCUT2D eigenvalue weighted by atomic mass is 16.5. The van der Waals surface area contributed by atoms with Gasteiger partial charge < -0.3 is 15.2 Å². The van der Waals surface area contributed by atoms with Crippen molar-refractivity contribution in [3.05, 3.63) is 29.8 Å². The summed E-state index contributed by atoms with van der Waals surface area (Å²) in [6.45, 7) is 2.19. The van der Waals surface area contributed by atoms with Crippen molar-refractivity contribution in [2.24, 2.45) is 0 Å². The number of phenolic OH excluding ortho intramolecular Hbond substituents is 1. The van der Waals surface area contributed by atoms with E-state index in [1.54, 1.807) is 24.3 Å². The van der Waals surface area contributed by atoms with Crippen LogP contribution in [0.5, 0.6) is 5.75 Å². The summed E-state index contributed by atoms with van der Waals surface area (Å²) in [5, 5.41) is 12.1. The largest absolute Gasteiger partial charge is 0.508 e. The van der Waals surface area contributed by atoms with Crippen molar-refractivity contribution in [1.82, 2.24) is 5.32 Å². The van der Waals surface area contributed by atoms with E-state index in [1.807, 2.05) is 0 Å². The van der Waals surface area contributed by atoms with E-state index >= 15 is 0 Å². The molecule has 0 saturated carbocycles. The first-order valence-corrected chi connectivity index (χ1v) is 9.22. The van der Waals surface area contributed by atoms with Crippen LogP contribution in [0.4, 0.5) is 0 Å². The lowest BCUT2D eigenvalue weighted by molar-refractivity contribution is -0.145. The molecule has 1 rings (SSSR count). The van der Waals surface area contributed by atoms with E-state index in [2.05, 4.69) is 12.2 Å². The number of carbonyl (C=O) groups excluding carboxylic acids is 2. The lowest BCUT2D eigenvalue weighted by Crippen LogP contribution is -2.43. The smallest absolute Gasteiger partial charge is 0.328 e. The normalized spacial score (nSPS) is 11.8. The minimum absolute atomic E-state index is 0.122. The Morgan fingerprint density at radius 1 is 1.04 bits per heavy atom. The quantitative estimate of drug-likeness (QED) is 0.445. The van der Waals surface area contributed by atoms with Crippen LogP contribution in [0.3, 0.4) is 0 Å². The van der Waals surface area contributed by atoms with Gasteiger partial charge in [-0.15, -0.1) is 0 Å². The number of hydrogen-bond donors (Lipinski definition) is 2. The Bertz CT molecular complexity index is 513. The Morgan fingerprint density at radius 2 is 1.64 bits per heavy atom. The Balaban J connectivity index is 2.37. The van der Waals surface area contributed by atoms with Crippen molar-refractivity contribution in [3.63, 3.8) is 0 Å². The Hall–Kier alpha value is -2.04. The van der Waals surface area contributed by atoms with E-state index < -0.39 is 12.0 Å². The van der Waals surface area contributed by atoms with E-state index in [1.165, 1.54) is 32.8 Å². The van der Waals surface area contributed by atoms with E-state index in [4.69, 9.17) is 4.74 Å². The molecule has 2 N–H and O–H groups in total. The molecule has 0 aliphatic heterocycles. The first-order valence-electron chi connectivity index (χ1n) is 9.22. The summed E-state index contributed by atoms with van der Waals surface area (Å²) in [4.78, 5) is 24.0. The van der Waals surface area contributed by atoms with Gasteiger partial charge in [-0.25, -0.2) is 4.79 Å². The number of aromatic hydroxyl groups is 1. The molecule has 140 valence electrons. The number of ether oxygens (including phenoxy) is 1. The summed E-state index contributed by atoms with van der Waals surface area (Å²) >= 11 is 0. The van der Waals surface area contributed by atoms with Gasteiger partial charge >= 0.3 is 5.97 Å². The second-order valence-corrected chi connectivity index (χ2v) is 6.39. The lowest BCUT2D eigenvalue weighted by atomic mass is 10.0. The molecule has 0 bridgehead atoms. The highest BCUT2D eigenvalue weighted by Crippen LogP contribution is 2.12. The van der Waals surface area contributed by atoms with Crippen LogP contribution < -0.4 is 5.32 Å². The van der Waals surface area contributed by atoms with Gasteiger partial charge in [-0.3, -0.25) is 4.79 Å². The molecule has 0 spiro atoms. The van der Waals surface area contributed by atoms with E-state index in [0.717, 1.165) is 24.8 Å². The molecule has 25 heavy (non-hydrogen) atoms. The molecule has 0 aromatic heterocycles. The van der Waals surface area contributed by atoms with Gasteiger partial charge in [0.2, 0.25) is 5.91 Å². The summed E-state index contributed by atoms with van der Waals surface area (Å²) in [5.41, 5.74) is 0.851. The van der Waals surface area contributed by atoms with Gasteiger partial charge in [-0.2, -0.15) is 0 Å². The summed E-state index contributed by atoms with van der Waals surface area (Å²) in [7, 11) is 1.31. The third kappa shape index (κ3) is 9.13. The van der Waals surface area contributed by atoms with Gasteiger partial charge in [0.1, 0.15) is 11.8 Å². The van der Waals surface area contributed by atoms with Crippen LogP contribution in [0, 0.1) is 0 Å². The number of nitrogens with one attached hydrogen (secondary N) is 1. The third-order valence-electron chi connectivity index (χ3n) is 4.20. The summed E-state index contributed by atoms with van der Waals surface area (Å²) in [5.74, 6) is -0.412. The first kappa shape index (κ1) is 21.0. The van der Waals surface area contributed by atoms with Gasteiger partial charge in [-0.1, -0.05) is 57.6 Å². The number of esters is 1. The minimum atomic E-state index is -0.702. The molecular weight excluding hydrogens is 318 g/mol. The maximum Gasteiger partial charge on any atom is 0.328 e. The van der Waals surface area contributed by atoms with Crippen LogP contribution in [0.1, 0.15) is 63.9 Å². The summed E-state index contributed by atoms with van der Waals surface area (Å²) in [6.07, 6.45) is 8.80. The van der Waals surface area contributed by atoms with Gasteiger partial charge in [0, 0.05) is 12.8 Å². The monoisotopic (exact) mass is 349 g/mol. The first-order chi connectivity index (χ1) is 12.1. The van der Waals surface area contributed by atoms with Crippen LogP contribution in [0.15, 0.2) is 24.3 Å². The fourth-order valence-corrected chi connectivity index (χ4v) is 2.71. The average molecular weight is 349 g/mol. The summed E-state index contributed by atoms with van der Waals surface area (Å²) in [6, 6.07) is 5.88. The number of unbranched alkanes of at least 4 members (excludes halogenated alkanes) is 6. The van der Waals surface area contributed by atoms with Gasteiger partial charge in [-0.05, 0) is 24.1 Å². The molecule has 1 unspecified atom stereocenters. The maximum absolute atomic E-state index is 12.1. The van der Waals surface area contributed by atoms with Gasteiger partial charge in [0.25, 0.3) is 0 Å². The number of carbonyl (C=O) groups is 2. The molecule has 1 aromatic carbocycles. The number of rotatable bonds is 12. The molecule has 0 saturated heterocycles. The van der Waals surface area contributed by atoms with Crippen LogP contribution in [0.2, 0.25) is 0 Å². The molecule has 1 atom stereocenters. The van der Waals surface area contributed by atoms with Crippen LogP contribution >= 0.6 is 0 Å². The molecular formula is C20H31NO4. The predicted octanol–water partition coefficient (Wildman–Crippen LogP) is 3.73. The van der Waals surface area contributed by atoms with Crippen molar-refractivity contribution >= 4 is 11.9 Å². The molecule has 1 amide bonds. The Labute approximate surface area is 150 Å². The van der Waals surface area contributed by atoms with Gasteiger partial charge in [0.05, 0.1) is 7.11 Å². The van der Waals surface area contributed by atoms with Crippen molar-refractivity contribution in [3.8, 4) is 5.75 Å². The third-order valence-corrected chi connectivity index (χ3v) is 4.20. The van der Waals surface area contributed by atoms with Crippen LogP contribution in [-0.2, 0) is 20.7 Å². The highest BCUT2D eigenvalue weighted by Gasteiger charge is 2.21. The molecule has 0 heterocycles. The number of hydrogen-bond acceptors (Lipinski definition) is 4. The zero-order chi connectivity index (χ0) is 18.5. The van der Waals surface area contributed by atoms with Crippen molar-refractivity contribution < 1.29 is 19.4 Å². The minimum Gasteiger partial charge on any atom is -0.508 e. The van der Waals surface area contributed by atoms with E-state index in [9.17, 15) is 14.7 Å². The van der Waals surface area contributed by atoms with Crippen LogP contribution in [-0.4, -0.2) is 30.1 Å². The fraction of sp³-hybridized carbons (Fsp3) is 0.600. The molecule has 1 aromatic rings. The average Bonchev–Trinajstić information content (AvgIpc) is 2.61. The predicted molar refractivity (Wildman–Crippen MR) is 98.4 cm³/mol. The van der Waals surface area contributed by atoms with E-state index in [0.29, 0.717) is 12.8 Å². The molecule has 5 nitrogen and oxygen atoms in total. The lowest BCUT2D eigenvalue weighted by Gasteiger charge is -2.16. The second-order valence-electron chi connectivity index (χ2n) is 6.39. The number of amides is 1. The molecule has 0 radical (unpaired) electrons. The van der Waals surface area contributed by atoms with Crippen molar-refractivity contribution in [1.29, 1.82) is 0 Å². The van der Waals surface area contributed by atoms with Crippen molar-refractivity contribution in [2.45, 2.75) is 70.8 Å². The van der Waals surface area contributed by atoms with E-state index in [-0.39, 0.29) is 11.7 Å². The molecule has 0 aliphatic carbocycles. The van der Waals surface area contributed by atoms with Gasteiger partial charge in [0.15, 0.2) is 0 Å². The number of methoxy groups -OCH3 is 1. The number of benzene rings is 1. The van der Waals surface area contributed by atoms with Crippen LogP contribution in [0.25, 0.3) is 0 Å². The second kappa shape index (κ2) is 12.3. The number of phenols is 1. The topological polar surface area (TPSA) is 75.6 Å². The Morgan fingerprint density at radius 3 is 2.24 bits per heavy atom.